The first-order valence-corrected chi connectivity index (χ1v) is 11.3. The molecule has 0 fully saturated rings. The third-order valence-corrected chi connectivity index (χ3v) is 4.98. The van der Waals surface area contributed by atoms with Gasteiger partial charge in [-0.3, -0.25) is 9.59 Å². The molecule has 0 aliphatic carbocycles. The Morgan fingerprint density at radius 1 is 0.556 bits per heavy atom. The monoisotopic (exact) mass is 384 g/mol. The van der Waals surface area contributed by atoms with E-state index in [1.54, 1.807) is 13.8 Å². The second-order valence-electron chi connectivity index (χ2n) is 8.14. The lowest BCUT2D eigenvalue weighted by Gasteiger charge is -2.20. The van der Waals surface area contributed by atoms with Gasteiger partial charge < -0.3 is 9.47 Å². The molecule has 160 valence electrons. The van der Waals surface area contributed by atoms with E-state index in [1.807, 2.05) is 6.92 Å². The first kappa shape index (κ1) is 25.9. The third kappa shape index (κ3) is 13.7. The van der Waals surface area contributed by atoms with Gasteiger partial charge in [0.05, 0.1) is 13.2 Å². The van der Waals surface area contributed by atoms with Gasteiger partial charge in [0, 0.05) is 0 Å². The minimum absolute atomic E-state index is 0.366. The van der Waals surface area contributed by atoms with Crippen LogP contribution in [0.15, 0.2) is 0 Å². The Kier molecular flexibility index (Phi) is 16.4. The predicted molar refractivity (Wildman–Crippen MR) is 112 cm³/mol. The summed E-state index contributed by atoms with van der Waals surface area (Å²) in [6.45, 7) is 8.19. The van der Waals surface area contributed by atoms with Crippen LogP contribution in [0.5, 0.6) is 0 Å². The molecule has 0 aliphatic heterocycles. The van der Waals surface area contributed by atoms with Crippen molar-refractivity contribution in [1.29, 1.82) is 0 Å². The maximum atomic E-state index is 12.1. The minimum Gasteiger partial charge on any atom is -0.465 e. The molecule has 4 nitrogen and oxygen atoms in total. The van der Waals surface area contributed by atoms with Crippen LogP contribution in [-0.4, -0.2) is 25.2 Å². The van der Waals surface area contributed by atoms with E-state index in [-0.39, 0.29) is 0 Å². The predicted octanol–water partition coefficient (Wildman–Crippen LogP) is 6.60. The lowest BCUT2D eigenvalue weighted by molar-refractivity contribution is -0.169. The van der Waals surface area contributed by atoms with E-state index in [2.05, 4.69) is 6.92 Å². The van der Waals surface area contributed by atoms with Crippen LogP contribution >= 0.6 is 0 Å². The first-order chi connectivity index (χ1) is 13.0. The van der Waals surface area contributed by atoms with Crippen molar-refractivity contribution in [2.45, 2.75) is 118 Å². The highest BCUT2D eigenvalue weighted by Gasteiger charge is 2.39. The highest BCUT2D eigenvalue weighted by molar-refractivity contribution is 5.99. The molecule has 0 aromatic heterocycles. The topological polar surface area (TPSA) is 52.6 Å². The largest absolute Gasteiger partial charge is 0.465 e. The van der Waals surface area contributed by atoms with Crippen molar-refractivity contribution in [2.24, 2.45) is 5.41 Å². The zero-order valence-corrected chi connectivity index (χ0v) is 18.4. The fourth-order valence-electron chi connectivity index (χ4n) is 2.86. The van der Waals surface area contributed by atoms with E-state index in [4.69, 9.17) is 9.47 Å². The average Bonchev–Trinajstić information content (AvgIpc) is 2.65. The van der Waals surface area contributed by atoms with Gasteiger partial charge in [-0.05, 0) is 26.7 Å². The Labute approximate surface area is 167 Å². The van der Waals surface area contributed by atoms with Crippen molar-refractivity contribution in [3.05, 3.63) is 0 Å². The summed E-state index contributed by atoms with van der Waals surface area (Å²) in [5.41, 5.74) is -1.22. The maximum Gasteiger partial charge on any atom is 0.322 e. The van der Waals surface area contributed by atoms with Crippen LogP contribution in [0.3, 0.4) is 0 Å². The van der Waals surface area contributed by atoms with Crippen LogP contribution in [0.25, 0.3) is 0 Å². The molecule has 27 heavy (non-hydrogen) atoms. The number of carbonyl (C=O) groups excluding carboxylic acids is 2. The van der Waals surface area contributed by atoms with Gasteiger partial charge in [0.15, 0.2) is 5.41 Å². The Hall–Kier alpha value is -1.06. The van der Waals surface area contributed by atoms with Crippen LogP contribution in [0.2, 0.25) is 0 Å². The average molecular weight is 385 g/mol. The highest BCUT2D eigenvalue weighted by atomic mass is 16.6. The van der Waals surface area contributed by atoms with Gasteiger partial charge in [0.2, 0.25) is 0 Å². The van der Waals surface area contributed by atoms with Crippen molar-refractivity contribution in [1.82, 2.24) is 0 Å². The molecule has 0 atom stereocenters. The molecule has 0 rings (SSSR count). The Morgan fingerprint density at radius 2 is 0.889 bits per heavy atom. The molecule has 0 saturated heterocycles. The number of rotatable bonds is 18. The zero-order chi connectivity index (χ0) is 20.4. The van der Waals surface area contributed by atoms with Crippen LogP contribution in [0.4, 0.5) is 0 Å². The van der Waals surface area contributed by atoms with Crippen LogP contribution < -0.4 is 0 Å². The van der Waals surface area contributed by atoms with Gasteiger partial charge in [-0.2, -0.15) is 0 Å². The van der Waals surface area contributed by atoms with E-state index in [1.165, 1.54) is 64.2 Å². The van der Waals surface area contributed by atoms with Crippen LogP contribution in [0, 0.1) is 5.41 Å². The highest BCUT2D eigenvalue weighted by Crippen LogP contribution is 2.20. The molecule has 0 aliphatic rings. The lowest BCUT2D eigenvalue weighted by atomic mass is 9.94. The molecule has 0 unspecified atom stereocenters. The summed E-state index contributed by atoms with van der Waals surface area (Å²) in [5.74, 6) is -0.970. The molecular formula is C23H44O4. The van der Waals surface area contributed by atoms with Crippen molar-refractivity contribution in [2.75, 3.05) is 13.2 Å². The van der Waals surface area contributed by atoms with Crippen LogP contribution in [0.1, 0.15) is 118 Å². The SMILES string of the molecule is CCCCCCCCCCCCCCOC(=O)C(C)(C)C(=O)OCCCC. The van der Waals surface area contributed by atoms with Crippen molar-refractivity contribution in [3.8, 4) is 0 Å². The van der Waals surface area contributed by atoms with E-state index in [9.17, 15) is 9.59 Å². The van der Waals surface area contributed by atoms with Gasteiger partial charge in [-0.15, -0.1) is 0 Å². The number of hydrogen-bond donors (Lipinski definition) is 0. The second kappa shape index (κ2) is 17.1. The van der Waals surface area contributed by atoms with Gasteiger partial charge in [0.1, 0.15) is 0 Å². The molecule has 0 aromatic carbocycles. The number of hydrogen-bond acceptors (Lipinski definition) is 4. The van der Waals surface area contributed by atoms with Crippen LogP contribution in [-0.2, 0) is 19.1 Å². The van der Waals surface area contributed by atoms with E-state index >= 15 is 0 Å². The van der Waals surface area contributed by atoms with E-state index < -0.39 is 17.4 Å². The summed E-state index contributed by atoms with van der Waals surface area (Å²) in [7, 11) is 0. The molecular weight excluding hydrogens is 340 g/mol. The Bertz CT molecular complexity index is 377. The third-order valence-electron chi connectivity index (χ3n) is 4.98. The summed E-state index contributed by atoms with van der Waals surface area (Å²) in [4.78, 5) is 24.1. The molecule has 0 spiro atoms. The van der Waals surface area contributed by atoms with Crippen molar-refractivity contribution >= 4 is 11.9 Å². The van der Waals surface area contributed by atoms with Crippen molar-refractivity contribution < 1.29 is 19.1 Å². The Balaban J connectivity index is 3.58. The number of esters is 2. The molecule has 0 N–H and O–H groups in total. The van der Waals surface area contributed by atoms with E-state index in [0.717, 1.165) is 25.7 Å². The molecule has 0 radical (unpaired) electrons. The van der Waals surface area contributed by atoms with Gasteiger partial charge >= 0.3 is 11.9 Å². The van der Waals surface area contributed by atoms with E-state index in [0.29, 0.717) is 13.2 Å². The summed E-state index contributed by atoms with van der Waals surface area (Å²) < 4.78 is 10.4. The quantitative estimate of drug-likeness (QED) is 0.152. The summed E-state index contributed by atoms with van der Waals surface area (Å²) in [6, 6.07) is 0. The fraction of sp³-hybridized carbons (Fsp3) is 0.913. The smallest absolute Gasteiger partial charge is 0.322 e. The lowest BCUT2D eigenvalue weighted by Crippen LogP contribution is -2.37. The molecule has 0 heterocycles. The molecule has 0 bridgehead atoms. The van der Waals surface area contributed by atoms with Gasteiger partial charge in [-0.25, -0.2) is 0 Å². The second-order valence-corrected chi connectivity index (χ2v) is 8.14. The summed E-state index contributed by atoms with van der Waals surface area (Å²) in [5, 5.41) is 0. The molecule has 4 heteroatoms. The number of ether oxygens (including phenoxy) is 2. The maximum absolute atomic E-state index is 12.1. The standard InChI is InChI=1S/C23H44O4/c1-5-7-9-10-11-12-13-14-15-16-17-18-20-27-22(25)23(3,4)21(24)26-19-8-6-2/h5-20H2,1-4H3. The zero-order valence-electron chi connectivity index (χ0n) is 18.4. The van der Waals surface area contributed by atoms with Gasteiger partial charge in [0.25, 0.3) is 0 Å². The summed E-state index contributed by atoms with van der Waals surface area (Å²) in [6.07, 6.45) is 17.0. The minimum atomic E-state index is -1.22. The number of unbranched alkanes of at least 4 members (excludes halogenated alkanes) is 12. The van der Waals surface area contributed by atoms with Gasteiger partial charge in [-0.1, -0.05) is 90.9 Å². The molecule has 0 amide bonds. The number of carbonyl (C=O) groups is 2. The summed E-state index contributed by atoms with van der Waals surface area (Å²) >= 11 is 0. The fourth-order valence-corrected chi connectivity index (χ4v) is 2.86. The molecule has 0 aromatic rings. The Morgan fingerprint density at radius 3 is 1.30 bits per heavy atom. The van der Waals surface area contributed by atoms with Crippen molar-refractivity contribution in [3.63, 3.8) is 0 Å². The molecule has 0 saturated carbocycles. The first-order valence-electron chi connectivity index (χ1n) is 11.3. The normalized spacial score (nSPS) is 11.4.